The lowest BCUT2D eigenvalue weighted by Gasteiger charge is -2.33. The summed E-state index contributed by atoms with van der Waals surface area (Å²) in [4.78, 5) is 21.2. The van der Waals surface area contributed by atoms with Crippen LogP contribution in [0.15, 0.2) is 54.6 Å². The molecule has 1 fully saturated rings. The molecule has 0 atom stereocenters. The number of nitrogens with two attached hydrogens (primary N) is 1. The SMILES string of the molecule is CC(C)c1ccccc1N(CC1CCC(Nc2cc(N(C)C)c3ccccc3n2)CC1)C(N)=O. The number of aromatic nitrogens is 1. The number of rotatable bonds is 7. The van der Waals surface area contributed by atoms with Gasteiger partial charge in [0.15, 0.2) is 0 Å². The van der Waals surface area contributed by atoms with Gasteiger partial charge in [0.25, 0.3) is 0 Å². The Kier molecular flexibility index (Phi) is 7.25. The Morgan fingerprint density at radius 1 is 1.03 bits per heavy atom. The van der Waals surface area contributed by atoms with Gasteiger partial charge in [-0.25, -0.2) is 9.78 Å². The first-order valence-electron chi connectivity index (χ1n) is 12.3. The number of carbonyl (C=O) groups is 1. The van der Waals surface area contributed by atoms with Crippen LogP contribution in [-0.4, -0.2) is 37.7 Å². The average molecular weight is 460 g/mol. The van der Waals surface area contributed by atoms with E-state index in [9.17, 15) is 4.79 Å². The third kappa shape index (κ3) is 5.27. The Morgan fingerprint density at radius 3 is 2.38 bits per heavy atom. The van der Waals surface area contributed by atoms with Crippen molar-refractivity contribution in [3.63, 3.8) is 0 Å². The Hall–Kier alpha value is -3.28. The molecule has 0 bridgehead atoms. The molecule has 3 aromatic rings. The third-order valence-corrected chi connectivity index (χ3v) is 6.93. The number of fused-ring (bicyclic) bond motifs is 1. The van der Waals surface area contributed by atoms with E-state index in [0.717, 1.165) is 53.7 Å². The minimum absolute atomic E-state index is 0.333. The van der Waals surface area contributed by atoms with E-state index in [1.807, 2.05) is 24.3 Å². The number of primary amides is 1. The Morgan fingerprint density at radius 2 is 1.71 bits per heavy atom. The van der Waals surface area contributed by atoms with Gasteiger partial charge in [-0.05, 0) is 55.2 Å². The maximum atomic E-state index is 12.4. The maximum absolute atomic E-state index is 12.4. The van der Waals surface area contributed by atoms with Gasteiger partial charge in [0.05, 0.1) is 5.52 Å². The van der Waals surface area contributed by atoms with Crippen molar-refractivity contribution < 1.29 is 4.79 Å². The zero-order chi connectivity index (χ0) is 24.2. The quantitative estimate of drug-likeness (QED) is 0.456. The number of amides is 2. The zero-order valence-corrected chi connectivity index (χ0v) is 20.8. The molecule has 2 amide bonds. The van der Waals surface area contributed by atoms with Crippen LogP contribution in [0.2, 0.25) is 0 Å². The van der Waals surface area contributed by atoms with Crippen molar-refractivity contribution in [1.82, 2.24) is 4.98 Å². The van der Waals surface area contributed by atoms with Gasteiger partial charge in [0.2, 0.25) is 0 Å². The molecule has 1 aromatic heterocycles. The first kappa shape index (κ1) is 23.9. The van der Waals surface area contributed by atoms with Crippen LogP contribution in [0.5, 0.6) is 0 Å². The van der Waals surface area contributed by atoms with Crippen molar-refractivity contribution in [2.45, 2.75) is 51.5 Å². The highest BCUT2D eigenvalue weighted by molar-refractivity contribution is 5.93. The molecule has 4 rings (SSSR count). The van der Waals surface area contributed by atoms with Crippen molar-refractivity contribution >= 4 is 34.1 Å². The van der Waals surface area contributed by atoms with Gasteiger partial charge >= 0.3 is 6.03 Å². The molecule has 1 heterocycles. The van der Waals surface area contributed by atoms with E-state index in [-0.39, 0.29) is 6.03 Å². The Labute approximate surface area is 203 Å². The number of carbonyl (C=O) groups excluding carboxylic acids is 1. The highest BCUT2D eigenvalue weighted by atomic mass is 16.2. The fourth-order valence-electron chi connectivity index (χ4n) is 5.09. The molecule has 0 unspecified atom stereocenters. The molecule has 0 radical (unpaired) electrons. The first-order valence-corrected chi connectivity index (χ1v) is 12.3. The van der Waals surface area contributed by atoms with Gasteiger partial charge in [0.1, 0.15) is 5.82 Å². The standard InChI is InChI=1S/C28H37N5O/c1-19(2)22-9-6-8-12-25(22)33(28(29)34)18-20-13-15-21(16-14-20)30-27-17-26(32(3)4)23-10-5-7-11-24(23)31-27/h5-12,17,19-21H,13-16,18H2,1-4H3,(H2,29,34)(H,30,31). The second-order valence-corrected chi connectivity index (χ2v) is 9.96. The summed E-state index contributed by atoms with van der Waals surface area (Å²) in [5.41, 5.74) is 10.1. The van der Waals surface area contributed by atoms with Crippen LogP contribution in [0.3, 0.4) is 0 Å². The summed E-state index contributed by atoms with van der Waals surface area (Å²) in [6.07, 6.45) is 4.21. The molecular formula is C28H37N5O. The van der Waals surface area contributed by atoms with Crippen LogP contribution in [0, 0.1) is 5.92 Å². The molecule has 0 spiro atoms. The van der Waals surface area contributed by atoms with E-state index >= 15 is 0 Å². The number of hydrogen-bond acceptors (Lipinski definition) is 4. The minimum Gasteiger partial charge on any atom is -0.377 e. The molecule has 1 saturated carbocycles. The molecule has 6 heteroatoms. The number of nitrogens with one attached hydrogen (secondary N) is 1. The second kappa shape index (κ2) is 10.3. The molecule has 1 aliphatic carbocycles. The number of benzene rings is 2. The van der Waals surface area contributed by atoms with Crippen molar-refractivity contribution in [1.29, 1.82) is 0 Å². The fraction of sp³-hybridized carbons (Fsp3) is 0.429. The molecule has 0 aliphatic heterocycles. The predicted octanol–water partition coefficient (Wildman–Crippen LogP) is 5.98. The zero-order valence-electron chi connectivity index (χ0n) is 20.8. The van der Waals surface area contributed by atoms with Gasteiger partial charge in [0, 0.05) is 49.5 Å². The molecule has 3 N–H and O–H groups in total. The molecule has 34 heavy (non-hydrogen) atoms. The Balaban J connectivity index is 1.42. The lowest BCUT2D eigenvalue weighted by molar-refractivity contribution is 0.250. The van der Waals surface area contributed by atoms with Crippen LogP contribution >= 0.6 is 0 Å². The van der Waals surface area contributed by atoms with Crippen molar-refractivity contribution in [3.8, 4) is 0 Å². The van der Waals surface area contributed by atoms with Crippen LogP contribution < -0.4 is 20.9 Å². The normalized spacial score (nSPS) is 18.1. The van der Waals surface area contributed by atoms with E-state index in [1.165, 1.54) is 5.69 Å². The summed E-state index contributed by atoms with van der Waals surface area (Å²) in [6, 6.07) is 18.5. The largest absolute Gasteiger partial charge is 0.377 e. The molecule has 180 valence electrons. The number of anilines is 3. The predicted molar refractivity (Wildman–Crippen MR) is 143 cm³/mol. The summed E-state index contributed by atoms with van der Waals surface area (Å²) < 4.78 is 0. The highest BCUT2D eigenvalue weighted by Crippen LogP contribution is 2.33. The topological polar surface area (TPSA) is 74.5 Å². The number of urea groups is 1. The lowest BCUT2D eigenvalue weighted by Crippen LogP contribution is -2.41. The average Bonchev–Trinajstić information content (AvgIpc) is 2.82. The van der Waals surface area contributed by atoms with E-state index in [2.05, 4.69) is 68.5 Å². The summed E-state index contributed by atoms with van der Waals surface area (Å²) in [7, 11) is 4.14. The second-order valence-electron chi connectivity index (χ2n) is 9.96. The smallest absolute Gasteiger partial charge is 0.319 e. The van der Waals surface area contributed by atoms with Crippen LogP contribution in [0.4, 0.5) is 22.0 Å². The van der Waals surface area contributed by atoms with E-state index in [0.29, 0.717) is 24.4 Å². The third-order valence-electron chi connectivity index (χ3n) is 6.93. The van der Waals surface area contributed by atoms with Gasteiger partial charge in [-0.15, -0.1) is 0 Å². The molecule has 1 aliphatic rings. The number of hydrogen-bond donors (Lipinski definition) is 2. The number of pyridine rings is 1. The summed E-state index contributed by atoms with van der Waals surface area (Å²) >= 11 is 0. The number of nitrogens with zero attached hydrogens (tertiary/aromatic N) is 3. The van der Waals surface area contributed by atoms with Gasteiger partial charge < -0.3 is 16.0 Å². The highest BCUT2D eigenvalue weighted by Gasteiger charge is 2.26. The van der Waals surface area contributed by atoms with Crippen molar-refractivity contribution in [3.05, 3.63) is 60.2 Å². The van der Waals surface area contributed by atoms with Crippen LogP contribution in [-0.2, 0) is 0 Å². The summed E-state index contributed by atoms with van der Waals surface area (Å²) in [6.45, 7) is 4.97. The molecule has 2 aromatic carbocycles. The van der Waals surface area contributed by atoms with E-state index in [4.69, 9.17) is 10.7 Å². The molecule has 0 saturated heterocycles. The Bertz CT molecular complexity index is 1130. The monoisotopic (exact) mass is 459 g/mol. The first-order chi connectivity index (χ1) is 16.3. The van der Waals surface area contributed by atoms with E-state index < -0.39 is 0 Å². The van der Waals surface area contributed by atoms with E-state index in [1.54, 1.807) is 4.90 Å². The lowest BCUT2D eigenvalue weighted by atomic mass is 9.85. The van der Waals surface area contributed by atoms with Gasteiger partial charge in [-0.3, -0.25) is 4.90 Å². The van der Waals surface area contributed by atoms with Gasteiger partial charge in [-0.1, -0.05) is 50.2 Å². The summed E-state index contributed by atoms with van der Waals surface area (Å²) in [5, 5.41) is 4.84. The molecular weight excluding hydrogens is 422 g/mol. The van der Waals surface area contributed by atoms with Crippen molar-refractivity contribution in [2.24, 2.45) is 11.7 Å². The minimum atomic E-state index is -0.370. The fourth-order valence-corrected chi connectivity index (χ4v) is 5.09. The molecule has 6 nitrogen and oxygen atoms in total. The van der Waals surface area contributed by atoms with Crippen molar-refractivity contribution in [2.75, 3.05) is 35.8 Å². The van der Waals surface area contributed by atoms with Crippen LogP contribution in [0.1, 0.15) is 51.0 Å². The van der Waals surface area contributed by atoms with Gasteiger partial charge in [-0.2, -0.15) is 0 Å². The van der Waals surface area contributed by atoms with Crippen LogP contribution in [0.25, 0.3) is 10.9 Å². The maximum Gasteiger partial charge on any atom is 0.319 e. The number of para-hydroxylation sites is 2. The summed E-state index contributed by atoms with van der Waals surface area (Å²) in [5.74, 6) is 1.70.